The summed E-state index contributed by atoms with van der Waals surface area (Å²) >= 11 is 0. The largest absolute Gasteiger partial charge is 0.496 e. The molecule has 0 radical (unpaired) electrons. The highest BCUT2D eigenvalue weighted by Crippen LogP contribution is 2.30. The van der Waals surface area contributed by atoms with Crippen LogP contribution in [0.5, 0.6) is 5.75 Å². The van der Waals surface area contributed by atoms with Crippen LogP contribution in [0.15, 0.2) is 30.6 Å². The Bertz CT molecular complexity index is 977. The zero-order valence-electron chi connectivity index (χ0n) is 20.4. The topological polar surface area (TPSA) is 65.0 Å². The number of ether oxygens (including phenoxy) is 1. The molecule has 8 heteroatoms. The molecule has 0 N–H and O–H groups in total. The van der Waals surface area contributed by atoms with Gasteiger partial charge >= 0.3 is 0 Å². The number of hydrogen-bond donors (Lipinski definition) is 0. The highest BCUT2D eigenvalue weighted by molar-refractivity contribution is 5.78. The zero-order chi connectivity index (χ0) is 23.5. The Kier molecular flexibility index (Phi) is 6.97. The van der Waals surface area contributed by atoms with Gasteiger partial charge < -0.3 is 14.5 Å². The van der Waals surface area contributed by atoms with Crippen LogP contribution >= 0.6 is 0 Å². The summed E-state index contributed by atoms with van der Waals surface area (Å²) in [7, 11) is 1.68. The molecule has 0 unspecified atom stereocenters. The van der Waals surface area contributed by atoms with Crippen molar-refractivity contribution in [3.63, 3.8) is 0 Å². The molecule has 5 rings (SSSR count). The van der Waals surface area contributed by atoms with Crippen LogP contribution in [0.1, 0.15) is 24.8 Å². The predicted octanol–water partition coefficient (Wildman–Crippen LogP) is 2.28. The van der Waals surface area contributed by atoms with Gasteiger partial charge in [0.1, 0.15) is 11.6 Å². The van der Waals surface area contributed by atoms with Gasteiger partial charge in [-0.3, -0.25) is 19.6 Å². The van der Waals surface area contributed by atoms with Gasteiger partial charge in [0, 0.05) is 64.0 Å². The van der Waals surface area contributed by atoms with Gasteiger partial charge in [0.15, 0.2) is 0 Å². The molecule has 1 saturated carbocycles. The van der Waals surface area contributed by atoms with E-state index in [1.165, 1.54) is 19.3 Å². The predicted molar refractivity (Wildman–Crippen MR) is 133 cm³/mol. The minimum absolute atomic E-state index is 0.276. The third kappa shape index (κ3) is 5.03. The molecule has 1 aromatic carbocycles. The summed E-state index contributed by atoms with van der Waals surface area (Å²) in [5.41, 5.74) is 2.93. The number of methoxy groups -OCH3 is 1. The van der Waals surface area contributed by atoms with E-state index in [9.17, 15) is 4.79 Å². The number of aryl methyl sites for hydroxylation is 1. The molecule has 0 bridgehead atoms. The molecule has 1 amide bonds. The number of piperazine rings is 2. The van der Waals surface area contributed by atoms with Crippen molar-refractivity contribution < 1.29 is 9.53 Å². The quantitative estimate of drug-likeness (QED) is 0.650. The zero-order valence-corrected chi connectivity index (χ0v) is 20.4. The van der Waals surface area contributed by atoms with Crippen LogP contribution in [-0.4, -0.2) is 103 Å². The number of benzene rings is 1. The molecular weight excluding hydrogens is 428 g/mol. The van der Waals surface area contributed by atoms with Gasteiger partial charge in [0.05, 0.1) is 31.7 Å². The molecule has 0 atom stereocenters. The fraction of sp³-hybridized carbons (Fsp3) is 0.577. The number of hydrogen-bond acceptors (Lipinski definition) is 7. The summed E-state index contributed by atoms with van der Waals surface area (Å²) in [5, 5.41) is 0. The Morgan fingerprint density at radius 1 is 1.00 bits per heavy atom. The molecule has 3 heterocycles. The maximum atomic E-state index is 12.8. The summed E-state index contributed by atoms with van der Waals surface area (Å²) in [6.07, 6.45) is 7.72. The molecule has 0 spiro atoms. The molecule has 2 aromatic rings. The van der Waals surface area contributed by atoms with Gasteiger partial charge in [-0.15, -0.1) is 0 Å². The van der Waals surface area contributed by atoms with E-state index >= 15 is 0 Å². The van der Waals surface area contributed by atoms with Crippen molar-refractivity contribution >= 4 is 11.7 Å². The molecule has 3 aliphatic rings. The van der Waals surface area contributed by atoms with Gasteiger partial charge in [-0.25, -0.2) is 4.98 Å². The second kappa shape index (κ2) is 10.3. The number of rotatable bonds is 6. The van der Waals surface area contributed by atoms with E-state index in [4.69, 9.17) is 4.74 Å². The Morgan fingerprint density at radius 3 is 2.38 bits per heavy atom. The van der Waals surface area contributed by atoms with Crippen LogP contribution in [0.3, 0.4) is 0 Å². The normalized spacial score (nSPS) is 20.3. The third-order valence-electron chi connectivity index (χ3n) is 7.58. The van der Waals surface area contributed by atoms with Crippen molar-refractivity contribution in [2.75, 3.05) is 70.9 Å². The monoisotopic (exact) mass is 464 g/mol. The van der Waals surface area contributed by atoms with Crippen molar-refractivity contribution in [2.24, 2.45) is 0 Å². The number of aromatic nitrogens is 2. The lowest BCUT2D eigenvalue weighted by Gasteiger charge is -2.43. The van der Waals surface area contributed by atoms with Crippen molar-refractivity contribution in [2.45, 2.75) is 32.2 Å². The van der Waals surface area contributed by atoms with Crippen LogP contribution in [0.2, 0.25) is 0 Å². The number of carbonyl (C=O) groups excluding carboxylic acids is 1. The first kappa shape index (κ1) is 23.1. The van der Waals surface area contributed by atoms with Crippen LogP contribution < -0.4 is 9.64 Å². The van der Waals surface area contributed by atoms with E-state index in [1.54, 1.807) is 7.11 Å². The third-order valence-corrected chi connectivity index (χ3v) is 7.58. The van der Waals surface area contributed by atoms with Gasteiger partial charge in [0.25, 0.3) is 0 Å². The number of carbonyl (C=O) groups is 1. The van der Waals surface area contributed by atoms with E-state index in [2.05, 4.69) is 42.6 Å². The molecule has 1 aliphatic carbocycles. The molecule has 3 fully saturated rings. The number of amides is 1. The van der Waals surface area contributed by atoms with Crippen molar-refractivity contribution in [1.82, 2.24) is 24.7 Å². The SMILES string of the molecule is COc1ccc(C)cc1-c1cnc(N2CCN(CC(=O)N3CCN(C4CCC4)CC3)CC2)cn1. The van der Waals surface area contributed by atoms with Gasteiger partial charge in [-0.2, -0.15) is 0 Å². The van der Waals surface area contributed by atoms with Crippen molar-refractivity contribution in [1.29, 1.82) is 0 Å². The summed E-state index contributed by atoms with van der Waals surface area (Å²) in [4.78, 5) is 31.4. The lowest BCUT2D eigenvalue weighted by molar-refractivity contribution is -0.134. The highest BCUT2D eigenvalue weighted by Gasteiger charge is 2.30. The van der Waals surface area contributed by atoms with E-state index in [0.717, 1.165) is 86.8 Å². The minimum atomic E-state index is 0.276. The summed E-state index contributed by atoms with van der Waals surface area (Å²) in [6.45, 7) is 9.84. The fourth-order valence-corrected chi connectivity index (χ4v) is 5.16. The minimum Gasteiger partial charge on any atom is -0.496 e. The van der Waals surface area contributed by atoms with Gasteiger partial charge in [0.2, 0.25) is 5.91 Å². The number of anilines is 1. The average molecular weight is 465 g/mol. The summed E-state index contributed by atoms with van der Waals surface area (Å²) in [6, 6.07) is 6.85. The molecule has 8 nitrogen and oxygen atoms in total. The van der Waals surface area contributed by atoms with E-state index in [0.29, 0.717) is 6.54 Å². The van der Waals surface area contributed by atoms with Gasteiger partial charge in [-0.05, 0) is 31.9 Å². The Labute approximate surface area is 202 Å². The van der Waals surface area contributed by atoms with Gasteiger partial charge in [-0.1, -0.05) is 18.1 Å². The maximum Gasteiger partial charge on any atom is 0.236 e. The molecular formula is C26H36N6O2. The summed E-state index contributed by atoms with van der Waals surface area (Å²) < 4.78 is 5.49. The van der Waals surface area contributed by atoms with Crippen molar-refractivity contribution in [3.8, 4) is 17.0 Å². The summed E-state index contributed by atoms with van der Waals surface area (Å²) in [5.74, 6) is 1.96. The smallest absolute Gasteiger partial charge is 0.236 e. The molecule has 182 valence electrons. The van der Waals surface area contributed by atoms with E-state index < -0.39 is 0 Å². The second-order valence-corrected chi connectivity index (χ2v) is 9.73. The highest BCUT2D eigenvalue weighted by atomic mass is 16.5. The Balaban J connectivity index is 1.11. The first-order valence-electron chi connectivity index (χ1n) is 12.6. The maximum absolute atomic E-state index is 12.8. The van der Waals surface area contributed by atoms with Crippen LogP contribution in [-0.2, 0) is 4.79 Å². The van der Waals surface area contributed by atoms with Crippen molar-refractivity contribution in [3.05, 3.63) is 36.2 Å². The lowest BCUT2D eigenvalue weighted by Crippen LogP contribution is -2.56. The van der Waals surface area contributed by atoms with Crippen LogP contribution in [0.4, 0.5) is 5.82 Å². The number of nitrogens with zero attached hydrogens (tertiary/aromatic N) is 6. The Hall–Kier alpha value is -2.71. The molecule has 1 aromatic heterocycles. The lowest BCUT2D eigenvalue weighted by atomic mass is 9.91. The van der Waals surface area contributed by atoms with E-state index in [1.807, 2.05) is 24.5 Å². The standard InChI is InChI=1S/C26H36N6O2/c1-20-6-7-24(34-2)22(16-20)23-17-28-25(18-27-23)31-10-8-29(9-11-31)19-26(33)32-14-12-30(13-15-32)21-4-3-5-21/h6-7,16-18,21H,3-5,8-15,19H2,1-2H3. The van der Waals surface area contributed by atoms with Crippen LogP contribution in [0, 0.1) is 6.92 Å². The second-order valence-electron chi connectivity index (χ2n) is 9.73. The van der Waals surface area contributed by atoms with Crippen LogP contribution in [0.25, 0.3) is 11.3 Å². The Morgan fingerprint density at radius 2 is 1.76 bits per heavy atom. The first-order valence-corrected chi connectivity index (χ1v) is 12.6. The molecule has 34 heavy (non-hydrogen) atoms. The molecule has 2 saturated heterocycles. The van der Waals surface area contributed by atoms with E-state index in [-0.39, 0.29) is 5.91 Å². The average Bonchev–Trinajstić information content (AvgIpc) is 2.84. The fourth-order valence-electron chi connectivity index (χ4n) is 5.16. The first-order chi connectivity index (χ1) is 16.6. The molecule has 2 aliphatic heterocycles.